The molecule has 33 heavy (non-hydrogen) atoms. The summed E-state index contributed by atoms with van der Waals surface area (Å²) in [5, 5.41) is 6.80. The second-order valence-corrected chi connectivity index (χ2v) is 11.6. The van der Waals surface area contributed by atoms with Gasteiger partial charge in [-0.1, -0.05) is 29.8 Å². The van der Waals surface area contributed by atoms with Gasteiger partial charge in [0.05, 0.1) is 5.02 Å². The Morgan fingerprint density at radius 1 is 1.12 bits per heavy atom. The topological polar surface area (TPSA) is 84.5 Å². The third-order valence-electron chi connectivity index (χ3n) is 7.88. The average molecular weight is 489 g/mol. The number of halogens is 1. The van der Waals surface area contributed by atoms with Gasteiger partial charge in [0.2, 0.25) is 0 Å². The number of hydrogen-bond acceptors (Lipinski definition) is 5. The van der Waals surface area contributed by atoms with Gasteiger partial charge in [-0.05, 0) is 74.7 Å². The summed E-state index contributed by atoms with van der Waals surface area (Å²) in [6.45, 7) is 1.44. The summed E-state index contributed by atoms with van der Waals surface area (Å²) >= 11 is 7.58. The molecule has 1 aromatic carbocycles. The molecule has 1 aromatic heterocycles. The molecular weight excluding hydrogens is 460 g/mol. The summed E-state index contributed by atoms with van der Waals surface area (Å²) in [5.74, 6) is 1.06. The van der Waals surface area contributed by atoms with E-state index in [0.717, 1.165) is 27.8 Å². The first kappa shape index (κ1) is 22.7. The number of thiophene rings is 1. The van der Waals surface area contributed by atoms with Crippen molar-refractivity contribution in [3.8, 4) is 0 Å². The van der Waals surface area contributed by atoms with E-state index >= 15 is 0 Å². The quantitative estimate of drug-likeness (QED) is 0.560. The van der Waals surface area contributed by atoms with Gasteiger partial charge in [-0.15, -0.1) is 11.3 Å². The molecule has 4 aliphatic rings. The van der Waals surface area contributed by atoms with Crippen molar-refractivity contribution < 1.29 is 19.1 Å². The maximum Gasteiger partial charge on any atom is 0.325 e. The van der Waals surface area contributed by atoms with E-state index in [2.05, 4.69) is 17.6 Å². The van der Waals surface area contributed by atoms with Crippen LogP contribution in [0.2, 0.25) is 5.02 Å². The largest absolute Gasteiger partial charge is 0.454 e. The van der Waals surface area contributed by atoms with Crippen LogP contribution < -0.4 is 10.6 Å². The van der Waals surface area contributed by atoms with Crippen LogP contribution in [0.1, 0.15) is 55.1 Å². The lowest BCUT2D eigenvalue weighted by molar-refractivity contribution is -0.148. The van der Waals surface area contributed by atoms with Crippen LogP contribution in [0.15, 0.2) is 24.3 Å². The van der Waals surface area contributed by atoms with Crippen LogP contribution in [0.25, 0.3) is 10.1 Å². The van der Waals surface area contributed by atoms with E-state index in [1.54, 1.807) is 0 Å². The number of amides is 2. The number of rotatable bonds is 7. The molecule has 4 saturated carbocycles. The number of carbonyl (C=O) groups excluding carboxylic acids is 3. The molecule has 6 nitrogen and oxygen atoms in total. The zero-order valence-electron chi connectivity index (χ0n) is 18.7. The molecule has 2 N–H and O–H groups in total. The van der Waals surface area contributed by atoms with Crippen LogP contribution in [-0.2, 0) is 14.3 Å². The third-order valence-corrected chi connectivity index (χ3v) is 9.55. The van der Waals surface area contributed by atoms with Gasteiger partial charge in [-0.3, -0.25) is 14.4 Å². The summed E-state index contributed by atoms with van der Waals surface area (Å²) in [6, 6.07) is 7.55. The zero-order chi connectivity index (χ0) is 23.2. The van der Waals surface area contributed by atoms with Crippen LogP contribution in [0.3, 0.4) is 0 Å². The Balaban J connectivity index is 1.08. The maximum absolute atomic E-state index is 12.5. The zero-order valence-corrected chi connectivity index (χ0v) is 20.3. The highest BCUT2D eigenvalue weighted by atomic mass is 35.5. The van der Waals surface area contributed by atoms with Crippen molar-refractivity contribution in [1.82, 2.24) is 10.6 Å². The molecule has 0 aliphatic heterocycles. The minimum atomic E-state index is -0.654. The van der Waals surface area contributed by atoms with Crippen molar-refractivity contribution in [2.45, 2.75) is 51.5 Å². The van der Waals surface area contributed by atoms with Gasteiger partial charge in [-0.25, -0.2) is 0 Å². The Morgan fingerprint density at radius 3 is 2.39 bits per heavy atom. The fraction of sp³-hybridized carbons (Fsp3) is 0.560. The number of esters is 1. The molecule has 6 rings (SSSR count). The molecule has 1 unspecified atom stereocenters. The SMILES string of the molecule is CC(NC(=O)COC(=O)CNC(=O)c1sc2ccccc2c1Cl)C12CC3CC(CC(C3)C1)C2. The second-order valence-electron chi connectivity index (χ2n) is 10.2. The molecule has 0 saturated heterocycles. The van der Waals surface area contributed by atoms with Gasteiger partial charge >= 0.3 is 5.97 Å². The van der Waals surface area contributed by atoms with Crippen LogP contribution in [0.4, 0.5) is 0 Å². The lowest BCUT2D eigenvalue weighted by atomic mass is 9.48. The third kappa shape index (κ3) is 4.50. The van der Waals surface area contributed by atoms with Crippen LogP contribution in [0, 0.1) is 23.2 Å². The Morgan fingerprint density at radius 2 is 1.76 bits per heavy atom. The average Bonchev–Trinajstić information content (AvgIpc) is 3.12. The van der Waals surface area contributed by atoms with Crippen LogP contribution >= 0.6 is 22.9 Å². The summed E-state index contributed by atoms with van der Waals surface area (Å²) in [6.07, 6.45) is 7.67. The molecule has 1 heterocycles. The second kappa shape index (κ2) is 8.91. The predicted octanol–water partition coefficient (Wildman–Crippen LogP) is 4.55. The smallest absolute Gasteiger partial charge is 0.325 e. The van der Waals surface area contributed by atoms with Gasteiger partial charge in [-0.2, -0.15) is 0 Å². The molecule has 0 spiro atoms. The molecule has 2 amide bonds. The lowest BCUT2D eigenvalue weighted by Gasteiger charge is -2.59. The van der Waals surface area contributed by atoms with Gasteiger partial charge in [0.25, 0.3) is 11.8 Å². The summed E-state index contributed by atoms with van der Waals surface area (Å²) < 4.78 is 6.01. The van der Waals surface area contributed by atoms with E-state index in [1.165, 1.54) is 49.9 Å². The number of carbonyl (C=O) groups is 3. The highest BCUT2D eigenvalue weighted by Crippen LogP contribution is 2.61. The van der Waals surface area contributed by atoms with E-state index in [4.69, 9.17) is 16.3 Å². The number of benzene rings is 1. The molecule has 4 bridgehead atoms. The van der Waals surface area contributed by atoms with Crippen LogP contribution in [0.5, 0.6) is 0 Å². The monoisotopic (exact) mass is 488 g/mol. The molecule has 176 valence electrons. The number of fused-ring (bicyclic) bond motifs is 1. The molecule has 4 aliphatic carbocycles. The predicted molar refractivity (Wildman–Crippen MR) is 128 cm³/mol. The van der Waals surface area contributed by atoms with E-state index < -0.39 is 11.9 Å². The van der Waals surface area contributed by atoms with E-state index in [9.17, 15) is 14.4 Å². The summed E-state index contributed by atoms with van der Waals surface area (Å²) in [4.78, 5) is 37.4. The van der Waals surface area contributed by atoms with Crippen molar-refractivity contribution in [3.63, 3.8) is 0 Å². The Kier molecular flexibility index (Phi) is 6.12. The van der Waals surface area contributed by atoms with Crippen molar-refractivity contribution in [3.05, 3.63) is 34.2 Å². The van der Waals surface area contributed by atoms with E-state index in [0.29, 0.717) is 9.90 Å². The Labute approximate surface area is 202 Å². The molecule has 0 radical (unpaired) electrons. The van der Waals surface area contributed by atoms with Gasteiger partial charge in [0.15, 0.2) is 6.61 Å². The van der Waals surface area contributed by atoms with E-state index in [-0.39, 0.29) is 30.5 Å². The first-order valence-electron chi connectivity index (χ1n) is 11.7. The maximum atomic E-state index is 12.5. The molecular formula is C25H29ClN2O4S. The van der Waals surface area contributed by atoms with Crippen molar-refractivity contribution in [2.75, 3.05) is 13.2 Å². The van der Waals surface area contributed by atoms with E-state index in [1.807, 2.05) is 24.3 Å². The van der Waals surface area contributed by atoms with Gasteiger partial charge in [0.1, 0.15) is 11.4 Å². The minimum absolute atomic E-state index is 0.0758. The Bertz CT molecular complexity index is 1060. The summed E-state index contributed by atoms with van der Waals surface area (Å²) in [7, 11) is 0. The van der Waals surface area contributed by atoms with Gasteiger partial charge < -0.3 is 15.4 Å². The highest BCUT2D eigenvalue weighted by molar-refractivity contribution is 7.21. The fourth-order valence-electron chi connectivity index (χ4n) is 6.73. The normalized spacial score (nSPS) is 28.5. The fourth-order valence-corrected chi connectivity index (χ4v) is 8.17. The van der Waals surface area contributed by atoms with Crippen molar-refractivity contribution in [2.24, 2.45) is 23.2 Å². The highest BCUT2D eigenvalue weighted by Gasteiger charge is 2.53. The Hall–Kier alpha value is -2.12. The molecule has 1 atom stereocenters. The lowest BCUT2D eigenvalue weighted by Crippen LogP contribution is -2.56. The number of ether oxygens (including phenoxy) is 1. The first-order valence-corrected chi connectivity index (χ1v) is 12.9. The van der Waals surface area contributed by atoms with Crippen LogP contribution in [-0.4, -0.2) is 37.0 Å². The van der Waals surface area contributed by atoms with Crippen molar-refractivity contribution in [1.29, 1.82) is 0 Å². The minimum Gasteiger partial charge on any atom is -0.454 e. The van der Waals surface area contributed by atoms with Gasteiger partial charge in [0, 0.05) is 16.1 Å². The summed E-state index contributed by atoms with van der Waals surface area (Å²) in [5.41, 5.74) is 0.200. The van der Waals surface area contributed by atoms with Crippen molar-refractivity contribution >= 4 is 50.8 Å². The standard InChI is InChI=1S/C25H29ClN2O4S/c1-14(25-9-15-6-16(10-25)8-17(7-15)11-25)28-20(29)13-32-21(30)12-27-24(31)23-22(26)18-4-2-3-5-19(18)33-23/h2-5,14-17H,6-13H2,1H3,(H,27,31)(H,28,29). The molecule has 4 fully saturated rings. The first-order chi connectivity index (χ1) is 15.8. The number of hydrogen-bond donors (Lipinski definition) is 2. The molecule has 2 aromatic rings. The number of nitrogens with one attached hydrogen (secondary N) is 2. The molecule has 8 heteroatoms.